The van der Waals surface area contributed by atoms with Crippen LogP contribution in [0.4, 0.5) is 11.5 Å². The molecule has 0 radical (unpaired) electrons. The third-order valence-electron chi connectivity index (χ3n) is 5.12. The highest BCUT2D eigenvalue weighted by Crippen LogP contribution is 2.27. The van der Waals surface area contributed by atoms with E-state index in [0.29, 0.717) is 34.6 Å². The molecule has 2 aromatic heterocycles. The maximum absolute atomic E-state index is 12.6. The van der Waals surface area contributed by atoms with Crippen molar-refractivity contribution in [1.29, 1.82) is 0 Å². The average Bonchev–Trinajstić information content (AvgIpc) is 2.68. The van der Waals surface area contributed by atoms with Crippen molar-refractivity contribution >= 4 is 34.1 Å². The number of H-pyrrole nitrogens is 1. The highest BCUT2D eigenvalue weighted by Gasteiger charge is 2.19. The molecule has 2 heterocycles. The predicted octanol–water partition coefficient (Wildman–Crippen LogP) is 3.01. The molecular weight excluding hydrogens is 408 g/mol. The van der Waals surface area contributed by atoms with Gasteiger partial charge >= 0.3 is 11.3 Å². The summed E-state index contributed by atoms with van der Waals surface area (Å²) >= 11 is 6.28. The monoisotopic (exact) mass is 432 g/mol. The summed E-state index contributed by atoms with van der Waals surface area (Å²) in [6.07, 6.45) is 1.63. The summed E-state index contributed by atoms with van der Waals surface area (Å²) in [5.41, 5.74) is 6.72. The number of hydrogen-bond acceptors (Lipinski definition) is 6. The van der Waals surface area contributed by atoms with E-state index in [1.807, 2.05) is 20.8 Å². The van der Waals surface area contributed by atoms with E-state index in [1.165, 1.54) is 10.6 Å². The number of aryl methyl sites for hydroxylation is 1. The largest absolute Gasteiger partial charge is 0.423 e. The Morgan fingerprint density at radius 2 is 1.93 bits per heavy atom. The Kier molecular flexibility index (Phi) is 6.36. The van der Waals surface area contributed by atoms with Crippen molar-refractivity contribution in [1.82, 2.24) is 9.55 Å². The second-order valence-corrected chi connectivity index (χ2v) is 7.61. The van der Waals surface area contributed by atoms with Gasteiger partial charge in [-0.2, -0.15) is 0 Å². The van der Waals surface area contributed by atoms with Crippen LogP contribution in [0.2, 0.25) is 5.02 Å². The molecule has 8 nitrogen and oxygen atoms in total. The van der Waals surface area contributed by atoms with Gasteiger partial charge in [0, 0.05) is 36.1 Å². The molecule has 0 saturated heterocycles. The second-order valence-electron chi connectivity index (χ2n) is 7.20. The first-order valence-corrected chi connectivity index (χ1v) is 10.2. The number of nitrogen functional groups attached to an aromatic ring is 1. The van der Waals surface area contributed by atoms with Gasteiger partial charge in [-0.15, -0.1) is 0 Å². The molecular formula is C21H25ClN4O4. The summed E-state index contributed by atoms with van der Waals surface area (Å²) in [6.45, 7) is 6.76. The van der Waals surface area contributed by atoms with Gasteiger partial charge in [0.15, 0.2) is 0 Å². The molecule has 160 valence electrons. The minimum atomic E-state index is -0.562. The third-order valence-corrected chi connectivity index (χ3v) is 5.53. The third kappa shape index (κ3) is 4.14. The van der Waals surface area contributed by atoms with Crippen LogP contribution in [0.1, 0.15) is 37.8 Å². The van der Waals surface area contributed by atoms with Gasteiger partial charge in [-0.25, -0.2) is 9.59 Å². The van der Waals surface area contributed by atoms with E-state index >= 15 is 0 Å². The molecule has 9 heteroatoms. The van der Waals surface area contributed by atoms with Gasteiger partial charge < -0.3 is 15.1 Å². The Hall–Kier alpha value is -3.00. The number of rotatable bonds is 7. The molecule has 0 aliphatic heterocycles. The minimum Gasteiger partial charge on any atom is -0.423 e. The summed E-state index contributed by atoms with van der Waals surface area (Å²) in [5.74, 6) is 0.111. The van der Waals surface area contributed by atoms with Gasteiger partial charge in [-0.3, -0.25) is 14.3 Å². The maximum Gasteiger partial charge on any atom is 0.336 e. The van der Waals surface area contributed by atoms with Crippen molar-refractivity contribution in [2.45, 2.75) is 46.7 Å². The Labute approximate surface area is 177 Å². The molecule has 30 heavy (non-hydrogen) atoms. The van der Waals surface area contributed by atoms with Crippen molar-refractivity contribution < 1.29 is 4.42 Å². The SMILES string of the molecule is CCCCn1c(N)c(N(CC)Cc2cc(=O)oc3cc(C)c(Cl)cc23)c(=O)[nH]c1=O. The van der Waals surface area contributed by atoms with Crippen LogP contribution >= 0.6 is 11.6 Å². The number of hydrogen-bond donors (Lipinski definition) is 2. The number of aromatic amines is 1. The standard InChI is InChI=1S/C21H25ClN4O4/c1-4-6-7-26-19(23)18(20(28)24-21(26)29)25(5-2)11-13-9-17(27)30-16-8-12(3)15(22)10-14(13)16/h8-10H,4-7,11,23H2,1-3H3,(H,24,28,29). The zero-order valence-electron chi connectivity index (χ0n) is 17.3. The normalized spacial score (nSPS) is 11.2. The lowest BCUT2D eigenvalue weighted by molar-refractivity contribution is 0.558. The Bertz CT molecular complexity index is 1260. The molecule has 0 fully saturated rings. The fourth-order valence-corrected chi connectivity index (χ4v) is 3.62. The number of benzene rings is 1. The van der Waals surface area contributed by atoms with Crippen LogP contribution in [0.3, 0.4) is 0 Å². The molecule has 0 atom stereocenters. The molecule has 0 aliphatic carbocycles. The molecule has 0 bridgehead atoms. The van der Waals surface area contributed by atoms with Crippen LogP contribution in [0.5, 0.6) is 0 Å². The number of anilines is 2. The summed E-state index contributed by atoms with van der Waals surface area (Å²) in [6, 6.07) is 4.84. The van der Waals surface area contributed by atoms with Gasteiger partial charge in [0.1, 0.15) is 17.1 Å². The number of nitrogens with zero attached hydrogens (tertiary/aromatic N) is 2. The Morgan fingerprint density at radius 1 is 1.20 bits per heavy atom. The summed E-state index contributed by atoms with van der Waals surface area (Å²) < 4.78 is 6.69. The van der Waals surface area contributed by atoms with Crippen LogP contribution in [0.25, 0.3) is 11.0 Å². The zero-order valence-corrected chi connectivity index (χ0v) is 18.0. The second kappa shape index (κ2) is 8.79. The van der Waals surface area contributed by atoms with E-state index in [0.717, 1.165) is 18.4 Å². The number of nitrogens with two attached hydrogens (primary N) is 1. The molecule has 0 aliphatic rings. The summed E-state index contributed by atoms with van der Waals surface area (Å²) in [5, 5.41) is 1.23. The smallest absolute Gasteiger partial charge is 0.336 e. The molecule has 3 rings (SSSR count). The predicted molar refractivity (Wildman–Crippen MR) is 120 cm³/mol. The topological polar surface area (TPSA) is 114 Å². The van der Waals surface area contributed by atoms with E-state index in [1.54, 1.807) is 17.0 Å². The van der Waals surface area contributed by atoms with E-state index in [-0.39, 0.29) is 18.1 Å². The van der Waals surface area contributed by atoms with Crippen LogP contribution in [-0.2, 0) is 13.1 Å². The number of unbranched alkanes of at least 4 members (excludes halogenated alkanes) is 1. The van der Waals surface area contributed by atoms with Crippen molar-refractivity contribution in [3.63, 3.8) is 0 Å². The van der Waals surface area contributed by atoms with Crippen LogP contribution < -0.4 is 27.5 Å². The molecule has 0 amide bonds. The lowest BCUT2D eigenvalue weighted by Crippen LogP contribution is -2.38. The summed E-state index contributed by atoms with van der Waals surface area (Å²) in [4.78, 5) is 41.0. The van der Waals surface area contributed by atoms with E-state index in [4.69, 9.17) is 21.8 Å². The first-order chi connectivity index (χ1) is 14.3. The van der Waals surface area contributed by atoms with Crippen LogP contribution in [-0.4, -0.2) is 16.1 Å². The zero-order chi connectivity index (χ0) is 22.0. The van der Waals surface area contributed by atoms with Crippen LogP contribution in [0.15, 0.2) is 37.0 Å². The van der Waals surface area contributed by atoms with Gasteiger partial charge in [0.25, 0.3) is 5.56 Å². The first-order valence-electron chi connectivity index (χ1n) is 9.87. The molecule has 0 saturated carbocycles. The summed E-state index contributed by atoms with van der Waals surface area (Å²) in [7, 11) is 0. The molecule has 0 unspecified atom stereocenters. The highest BCUT2D eigenvalue weighted by atomic mass is 35.5. The van der Waals surface area contributed by atoms with Gasteiger partial charge in [-0.1, -0.05) is 24.9 Å². The number of aromatic nitrogens is 2. The van der Waals surface area contributed by atoms with Crippen LogP contribution in [0, 0.1) is 6.92 Å². The van der Waals surface area contributed by atoms with Crippen molar-refractivity contribution in [2.24, 2.45) is 0 Å². The van der Waals surface area contributed by atoms with E-state index in [9.17, 15) is 14.4 Å². The fourth-order valence-electron chi connectivity index (χ4n) is 3.45. The van der Waals surface area contributed by atoms with Crippen molar-refractivity contribution in [3.05, 3.63) is 65.6 Å². The van der Waals surface area contributed by atoms with Gasteiger partial charge in [-0.05, 0) is 43.5 Å². The maximum atomic E-state index is 12.6. The first kappa shape index (κ1) is 21.7. The minimum absolute atomic E-state index is 0.111. The van der Waals surface area contributed by atoms with Crippen molar-refractivity contribution in [2.75, 3.05) is 17.2 Å². The molecule has 3 N–H and O–H groups in total. The number of nitrogens with one attached hydrogen (secondary N) is 1. The molecule has 1 aromatic carbocycles. The quantitative estimate of drug-likeness (QED) is 0.554. The lowest BCUT2D eigenvalue weighted by Gasteiger charge is -2.25. The number of halogens is 1. The van der Waals surface area contributed by atoms with E-state index < -0.39 is 16.9 Å². The lowest BCUT2D eigenvalue weighted by atomic mass is 10.1. The molecule has 0 spiro atoms. The van der Waals surface area contributed by atoms with E-state index in [2.05, 4.69) is 4.98 Å². The van der Waals surface area contributed by atoms with Crippen molar-refractivity contribution in [3.8, 4) is 0 Å². The fraction of sp³-hybridized carbons (Fsp3) is 0.381. The Morgan fingerprint density at radius 3 is 2.60 bits per heavy atom. The van der Waals surface area contributed by atoms with Gasteiger partial charge in [0.05, 0.1) is 0 Å². The Balaban J connectivity index is 2.13. The average molecular weight is 433 g/mol. The molecule has 3 aromatic rings. The van der Waals surface area contributed by atoms with Gasteiger partial charge in [0.2, 0.25) is 0 Å². The highest BCUT2D eigenvalue weighted by molar-refractivity contribution is 6.32. The number of fused-ring (bicyclic) bond motifs is 1.